The maximum Gasteiger partial charge on any atom is 0.137 e. The van der Waals surface area contributed by atoms with Gasteiger partial charge < -0.3 is 14.7 Å². The van der Waals surface area contributed by atoms with Crippen molar-refractivity contribution in [2.45, 2.75) is 13.0 Å². The molecule has 0 saturated carbocycles. The summed E-state index contributed by atoms with van der Waals surface area (Å²) in [5.41, 5.74) is 2.55. The highest BCUT2D eigenvalue weighted by Gasteiger charge is 2.26. The van der Waals surface area contributed by atoms with Gasteiger partial charge in [0.2, 0.25) is 0 Å². The number of quaternary nitrogens is 2. The molecule has 24 heavy (non-hydrogen) atoms. The Morgan fingerprint density at radius 2 is 1.75 bits per heavy atom. The van der Waals surface area contributed by atoms with Crippen molar-refractivity contribution in [3.05, 3.63) is 60.2 Å². The van der Waals surface area contributed by atoms with Crippen LogP contribution < -0.4 is 14.5 Å². The third kappa shape index (κ3) is 4.81. The van der Waals surface area contributed by atoms with Crippen molar-refractivity contribution >= 4 is 5.69 Å². The van der Waals surface area contributed by atoms with Gasteiger partial charge >= 0.3 is 0 Å². The standard InChI is InChI=1S/C20H26N2O2/c1-17-6-5-9-20(14-17)24-16-19(23)15-21-10-12-22(13-11-21)18-7-3-2-4-8-18/h2-9,14,19,23H,10-13,15-16H2,1H3/p+2/t19-/m1/s1. The summed E-state index contributed by atoms with van der Waals surface area (Å²) in [6.07, 6.45) is -0.418. The number of hydrogen-bond donors (Lipinski definition) is 3. The number of nitrogens with one attached hydrogen (secondary N) is 2. The van der Waals surface area contributed by atoms with Crippen LogP contribution in [-0.4, -0.2) is 50.5 Å². The van der Waals surface area contributed by atoms with Crippen molar-refractivity contribution < 1.29 is 19.6 Å². The molecule has 0 unspecified atom stereocenters. The molecule has 1 fully saturated rings. The molecule has 2 aromatic carbocycles. The SMILES string of the molecule is Cc1cccc(OC[C@H](O)C[NH+]2CC[NH+](c3ccccc3)CC2)c1. The molecule has 0 aromatic heterocycles. The van der Waals surface area contributed by atoms with Crippen LogP contribution in [0.2, 0.25) is 0 Å². The minimum Gasteiger partial charge on any atom is -0.491 e. The lowest BCUT2D eigenvalue weighted by Crippen LogP contribution is -3.26. The second-order valence-electron chi connectivity index (χ2n) is 6.71. The summed E-state index contributed by atoms with van der Waals surface area (Å²) >= 11 is 0. The lowest BCUT2D eigenvalue weighted by molar-refractivity contribution is -0.988. The van der Waals surface area contributed by atoms with E-state index in [4.69, 9.17) is 4.74 Å². The molecule has 0 radical (unpaired) electrons. The summed E-state index contributed by atoms with van der Waals surface area (Å²) in [5, 5.41) is 10.3. The minimum atomic E-state index is -0.418. The van der Waals surface area contributed by atoms with Gasteiger partial charge in [0, 0.05) is 0 Å². The summed E-state index contributed by atoms with van der Waals surface area (Å²) < 4.78 is 5.71. The van der Waals surface area contributed by atoms with E-state index in [1.807, 2.05) is 31.2 Å². The Labute approximate surface area is 144 Å². The van der Waals surface area contributed by atoms with E-state index >= 15 is 0 Å². The van der Waals surface area contributed by atoms with Crippen molar-refractivity contribution in [3.63, 3.8) is 0 Å². The predicted octanol–water partition coefficient (Wildman–Crippen LogP) is -0.150. The molecule has 1 aliphatic heterocycles. The molecule has 0 aliphatic carbocycles. The van der Waals surface area contributed by atoms with Gasteiger partial charge in [0.15, 0.2) is 0 Å². The fraction of sp³-hybridized carbons (Fsp3) is 0.400. The Balaban J connectivity index is 1.41. The molecule has 1 heterocycles. The molecular formula is C20H28N2O2+2. The number of piperazine rings is 1. The monoisotopic (exact) mass is 328 g/mol. The number of ether oxygens (including phenoxy) is 1. The van der Waals surface area contributed by atoms with Gasteiger partial charge in [-0.1, -0.05) is 30.3 Å². The fourth-order valence-electron chi connectivity index (χ4n) is 3.36. The first-order valence-electron chi connectivity index (χ1n) is 8.82. The van der Waals surface area contributed by atoms with Crippen LogP contribution in [-0.2, 0) is 0 Å². The number of aliphatic hydroxyl groups excluding tert-OH is 1. The van der Waals surface area contributed by atoms with Crippen molar-refractivity contribution in [1.82, 2.24) is 0 Å². The second kappa shape index (κ2) is 8.29. The van der Waals surface area contributed by atoms with Crippen LogP contribution in [0.3, 0.4) is 0 Å². The largest absolute Gasteiger partial charge is 0.491 e. The van der Waals surface area contributed by atoms with E-state index in [-0.39, 0.29) is 0 Å². The third-order valence-electron chi connectivity index (χ3n) is 4.70. The minimum absolute atomic E-state index is 0.363. The van der Waals surface area contributed by atoms with E-state index in [1.54, 1.807) is 4.90 Å². The normalized spacial score (nSPS) is 22.1. The van der Waals surface area contributed by atoms with E-state index in [0.717, 1.165) is 38.5 Å². The molecule has 0 amide bonds. The van der Waals surface area contributed by atoms with Gasteiger partial charge in [0.05, 0.1) is 0 Å². The maximum atomic E-state index is 10.3. The first kappa shape index (κ1) is 17.0. The Hall–Kier alpha value is -1.88. The van der Waals surface area contributed by atoms with E-state index in [1.165, 1.54) is 16.2 Å². The van der Waals surface area contributed by atoms with E-state index in [0.29, 0.717) is 6.61 Å². The number of para-hydroxylation sites is 1. The highest BCUT2D eigenvalue weighted by molar-refractivity contribution is 5.28. The lowest BCUT2D eigenvalue weighted by atomic mass is 10.2. The van der Waals surface area contributed by atoms with Gasteiger partial charge in [-0.25, -0.2) is 0 Å². The average Bonchev–Trinajstić information content (AvgIpc) is 2.61. The average molecular weight is 328 g/mol. The fourth-order valence-corrected chi connectivity index (χ4v) is 3.36. The van der Waals surface area contributed by atoms with Gasteiger partial charge in [-0.3, -0.25) is 4.90 Å². The molecule has 4 nitrogen and oxygen atoms in total. The first-order chi connectivity index (χ1) is 11.7. The summed E-state index contributed by atoms with van der Waals surface area (Å²) in [6, 6.07) is 18.6. The summed E-state index contributed by atoms with van der Waals surface area (Å²) in [5.74, 6) is 0.836. The van der Waals surface area contributed by atoms with Crippen LogP contribution >= 0.6 is 0 Å². The third-order valence-corrected chi connectivity index (χ3v) is 4.70. The Morgan fingerprint density at radius 1 is 1.00 bits per heavy atom. The van der Waals surface area contributed by atoms with Crippen LogP contribution in [0, 0.1) is 6.92 Å². The Bertz CT molecular complexity index is 625. The number of benzene rings is 2. The molecule has 0 bridgehead atoms. The number of aliphatic hydroxyl groups is 1. The number of aryl methyl sites for hydroxylation is 1. The maximum absolute atomic E-state index is 10.3. The van der Waals surface area contributed by atoms with Crippen LogP contribution in [0.4, 0.5) is 5.69 Å². The molecule has 0 spiro atoms. The zero-order chi connectivity index (χ0) is 16.8. The van der Waals surface area contributed by atoms with Crippen molar-refractivity contribution in [1.29, 1.82) is 0 Å². The van der Waals surface area contributed by atoms with E-state index < -0.39 is 6.10 Å². The highest BCUT2D eigenvalue weighted by atomic mass is 16.5. The molecule has 3 rings (SSSR count). The van der Waals surface area contributed by atoms with Crippen LogP contribution in [0.15, 0.2) is 54.6 Å². The molecule has 1 aliphatic rings. The van der Waals surface area contributed by atoms with E-state index in [9.17, 15) is 5.11 Å². The molecule has 4 heteroatoms. The molecule has 1 saturated heterocycles. The summed E-state index contributed by atoms with van der Waals surface area (Å²) in [4.78, 5) is 3.01. The zero-order valence-electron chi connectivity index (χ0n) is 14.4. The van der Waals surface area contributed by atoms with Crippen LogP contribution in [0.25, 0.3) is 0 Å². The molecule has 3 N–H and O–H groups in total. The highest BCUT2D eigenvalue weighted by Crippen LogP contribution is 2.12. The predicted molar refractivity (Wildman–Crippen MR) is 95.0 cm³/mol. The van der Waals surface area contributed by atoms with E-state index in [2.05, 4.69) is 30.3 Å². The molecule has 2 aromatic rings. The summed E-state index contributed by atoms with van der Waals surface area (Å²) in [7, 11) is 0. The Morgan fingerprint density at radius 3 is 2.46 bits per heavy atom. The topological polar surface area (TPSA) is 38.3 Å². The van der Waals surface area contributed by atoms with Crippen LogP contribution in [0.5, 0.6) is 5.75 Å². The van der Waals surface area contributed by atoms with Crippen LogP contribution in [0.1, 0.15) is 5.56 Å². The van der Waals surface area contributed by atoms with Crippen molar-refractivity contribution in [3.8, 4) is 5.75 Å². The quantitative estimate of drug-likeness (QED) is 0.690. The number of hydrogen-bond acceptors (Lipinski definition) is 2. The van der Waals surface area contributed by atoms with Crippen molar-refractivity contribution in [2.75, 3.05) is 39.3 Å². The molecule has 1 atom stereocenters. The van der Waals surface area contributed by atoms with Gasteiger partial charge in [-0.15, -0.1) is 0 Å². The zero-order valence-corrected chi connectivity index (χ0v) is 14.4. The van der Waals surface area contributed by atoms with Crippen molar-refractivity contribution in [2.24, 2.45) is 0 Å². The number of rotatable bonds is 6. The molecular weight excluding hydrogens is 300 g/mol. The smallest absolute Gasteiger partial charge is 0.137 e. The van der Waals surface area contributed by atoms with Gasteiger partial charge in [0.1, 0.15) is 56.9 Å². The molecule has 128 valence electrons. The Kier molecular flexibility index (Phi) is 5.86. The second-order valence-corrected chi connectivity index (χ2v) is 6.71. The van der Waals surface area contributed by atoms with Gasteiger partial charge in [-0.05, 0) is 36.8 Å². The van der Waals surface area contributed by atoms with Gasteiger partial charge in [-0.2, -0.15) is 0 Å². The summed E-state index contributed by atoms with van der Waals surface area (Å²) in [6.45, 7) is 7.57. The first-order valence-corrected chi connectivity index (χ1v) is 8.82. The van der Waals surface area contributed by atoms with Gasteiger partial charge in [0.25, 0.3) is 0 Å². The lowest BCUT2D eigenvalue weighted by Gasteiger charge is -2.30.